The Kier molecular flexibility index (Phi) is 4.96. The average molecular weight is 426 g/mol. The zero-order valence-corrected chi connectivity index (χ0v) is 16.6. The monoisotopic (exact) mass is 425 g/mol. The Balaban J connectivity index is 1.92. The zero-order valence-electron chi connectivity index (χ0n) is 15.8. The van der Waals surface area contributed by atoms with Crippen LogP contribution < -0.4 is 11.4 Å². The van der Waals surface area contributed by atoms with Crippen LogP contribution in [-0.4, -0.2) is 30.8 Å². The van der Waals surface area contributed by atoms with Crippen LogP contribution in [0.3, 0.4) is 0 Å². The van der Waals surface area contributed by atoms with Crippen LogP contribution in [-0.2, 0) is 13.1 Å². The summed E-state index contributed by atoms with van der Waals surface area (Å²) < 4.78 is 7.83. The SMILES string of the molecule is CCn1c(=O)n(CC(=O)c2ccc(Cl)cc2)c2c(C(N)=O)nc(-c3ccco3)nc21. The number of Topliss-reactive ketones (excluding diaryl/α,β-unsaturated/α-hetero) is 1. The standard InChI is InChI=1S/C20H16ClN5O4/c1-2-25-19-16(15(17(22)28)23-18(24-19)14-4-3-9-30-14)26(20(25)29)10-13(27)11-5-7-12(21)8-6-11/h3-9H,2,10H2,1H3,(H2,22,28). The van der Waals surface area contributed by atoms with Gasteiger partial charge in [0.15, 0.2) is 28.7 Å². The molecule has 3 aromatic heterocycles. The summed E-state index contributed by atoms with van der Waals surface area (Å²) in [5, 5.41) is 0.487. The third-order valence-electron chi connectivity index (χ3n) is 4.61. The van der Waals surface area contributed by atoms with Crippen molar-refractivity contribution in [3.8, 4) is 11.6 Å². The Morgan fingerprint density at radius 2 is 1.87 bits per heavy atom. The zero-order chi connectivity index (χ0) is 21.4. The minimum atomic E-state index is -0.851. The van der Waals surface area contributed by atoms with E-state index in [1.54, 1.807) is 43.3 Å². The van der Waals surface area contributed by atoms with Crippen LogP contribution in [0, 0.1) is 0 Å². The second-order valence-electron chi connectivity index (χ2n) is 6.45. The van der Waals surface area contributed by atoms with Gasteiger partial charge in [0.25, 0.3) is 5.91 Å². The smallest absolute Gasteiger partial charge is 0.330 e. The molecular formula is C20H16ClN5O4. The van der Waals surface area contributed by atoms with Crippen LogP contribution in [0.1, 0.15) is 27.8 Å². The molecule has 0 unspecified atom stereocenters. The summed E-state index contributed by atoms with van der Waals surface area (Å²) in [5.41, 5.74) is 5.55. The lowest BCUT2D eigenvalue weighted by Gasteiger charge is -2.06. The lowest BCUT2D eigenvalue weighted by atomic mass is 10.1. The first-order valence-corrected chi connectivity index (χ1v) is 9.42. The van der Waals surface area contributed by atoms with Gasteiger partial charge in [0, 0.05) is 17.1 Å². The van der Waals surface area contributed by atoms with Crippen molar-refractivity contribution in [2.75, 3.05) is 0 Å². The van der Waals surface area contributed by atoms with E-state index in [1.807, 2.05) is 0 Å². The summed E-state index contributed by atoms with van der Waals surface area (Å²) in [6, 6.07) is 9.57. The molecule has 9 nitrogen and oxygen atoms in total. The number of aromatic nitrogens is 4. The van der Waals surface area contributed by atoms with E-state index in [4.69, 9.17) is 21.8 Å². The van der Waals surface area contributed by atoms with Crippen molar-refractivity contribution in [2.45, 2.75) is 20.0 Å². The Bertz CT molecular complexity index is 1320. The molecule has 0 radical (unpaired) electrons. The maximum absolute atomic E-state index is 13.0. The molecule has 0 aliphatic rings. The number of furan rings is 1. The fraction of sp³-hybridized carbons (Fsp3) is 0.150. The van der Waals surface area contributed by atoms with Gasteiger partial charge in [-0.15, -0.1) is 0 Å². The molecule has 1 aromatic carbocycles. The first-order valence-electron chi connectivity index (χ1n) is 9.04. The minimum absolute atomic E-state index is 0.104. The summed E-state index contributed by atoms with van der Waals surface area (Å²) in [7, 11) is 0. The van der Waals surface area contributed by atoms with E-state index in [0.29, 0.717) is 16.3 Å². The molecule has 4 aromatic rings. The van der Waals surface area contributed by atoms with Gasteiger partial charge in [0.1, 0.15) is 5.52 Å². The quantitative estimate of drug-likeness (QED) is 0.473. The molecule has 0 bridgehead atoms. The van der Waals surface area contributed by atoms with Crippen molar-refractivity contribution < 1.29 is 14.0 Å². The van der Waals surface area contributed by atoms with Gasteiger partial charge in [-0.25, -0.2) is 14.8 Å². The Morgan fingerprint density at radius 3 is 2.47 bits per heavy atom. The van der Waals surface area contributed by atoms with E-state index in [0.717, 1.165) is 0 Å². The van der Waals surface area contributed by atoms with E-state index >= 15 is 0 Å². The molecule has 0 saturated heterocycles. The average Bonchev–Trinajstić information content (AvgIpc) is 3.35. The highest BCUT2D eigenvalue weighted by atomic mass is 35.5. The molecule has 0 aliphatic heterocycles. The molecule has 30 heavy (non-hydrogen) atoms. The van der Waals surface area contributed by atoms with Crippen LogP contribution in [0.5, 0.6) is 0 Å². The molecule has 0 spiro atoms. The molecule has 3 heterocycles. The van der Waals surface area contributed by atoms with E-state index in [-0.39, 0.29) is 41.6 Å². The number of primary amides is 1. The van der Waals surface area contributed by atoms with Crippen LogP contribution in [0.4, 0.5) is 0 Å². The van der Waals surface area contributed by atoms with Crippen LogP contribution >= 0.6 is 11.6 Å². The summed E-state index contributed by atoms with van der Waals surface area (Å²) in [6.07, 6.45) is 1.44. The van der Waals surface area contributed by atoms with Gasteiger partial charge in [-0.1, -0.05) is 11.6 Å². The summed E-state index contributed by atoms with van der Waals surface area (Å²) in [6.45, 7) is 1.71. The molecule has 4 rings (SSSR count). The third kappa shape index (κ3) is 3.29. The molecule has 152 valence electrons. The van der Waals surface area contributed by atoms with Crippen LogP contribution in [0.15, 0.2) is 51.9 Å². The number of nitrogens with zero attached hydrogens (tertiary/aromatic N) is 4. The minimum Gasteiger partial charge on any atom is -0.461 e. The number of carbonyl (C=O) groups is 2. The predicted octanol–water partition coefficient (Wildman–Crippen LogP) is 2.51. The number of benzene rings is 1. The first kappa shape index (κ1) is 19.6. The predicted molar refractivity (Wildman–Crippen MR) is 109 cm³/mol. The number of amides is 1. The maximum atomic E-state index is 13.0. The number of rotatable bonds is 6. The second-order valence-corrected chi connectivity index (χ2v) is 6.89. The third-order valence-corrected chi connectivity index (χ3v) is 4.86. The number of carbonyl (C=O) groups excluding carboxylic acids is 2. The van der Waals surface area contributed by atoms with Gasteiger partial charge in [-0.05, 0) is 43.3 Å². The Morgan fingerprint density at radius 1 is 1.13 bits per heavy atom. The van der Waals surface area contributed by atoms with Crippen molar-refractivity contribution in [1.82, 2.24) is 19.1 Å². The van der Waals surface area contributed by atoms with Gasteiger partial charge in [0.05, 0.1) is 12.8 Å². The lowest BCUT2D eigenvalue weighted by molar-refractivity contribution is 0.0966. The first-order chi connectivity index (χ1) is 14.4. The number of imidazole rings is 1. The van der Waals surface area contributed by atoms with Gasteiger partial charge >= 0.3 is 5.69 Å². The molecule has 0 atom stereocenters. The molecule has 2 N–H and O–H groups in total. The van der Waals surface area contributed by atoms with Gasteiger partial charge in [0.2, 0.25) is 0 Å². The van der Waals surface area contributed by atoms with Crippen molar-refractivity contribution >= 4 is 34.5 Å². The number of nitrogens with two attached hydrogens (primary N) is 1. The van der Waals surface area contributed by atoms with E-state index in [2.05, 4.69) is 9.97 Å². The van der Waals surface area contributed by atoms with Crippen molar-refractivity contribution in [1.29, 1.82) is 0 Å². The lowest BCUT2D eigenvalue weighted by Crippen LogP contribution is -2.27. The fourth-order valence-electron chi connectivity index (χ4n) is 3.20. The molecule has 1 amide bonds. The van der Waals surface area contributed by atoms with E-state index in [1.165, 1.54) is 15.4 Å². The van der Waals surface area contributed by atoms with Gasteiger partial charge in [-0.2, -0.15) is 0 Å². The number of hydrogen-bond acceptors (Lipinski definition) is 6. The maximum Gasteiger partial charge on any atom is 0.330 e. The molecule has 0 fully saturated rings. The van der Waals surface area contributed by atoms with Gasteiger partial charge < -0.3 is 10.2 Å². The Labute approximate surface area is 174 Å². The van der Waals surface area contributed by atoms with E-state index < -0.39 is 11.6 Å². The highest BCUT2D eigenvalue weighted by Gasteiger charge is 2.25. The van der Waals surface area contributed by atoms with Crippen LogP contribution in [0.2, 0.25) is 5.02 Å². The highest BCUT2D eigenvalue weighted by Crippen LogP contribution is 2.22. The fourth-order valence-corrected chi connectivity index (χ4v) is 3.33. The highest BCUT2D eigenvalue weighted by molar-refractivity contribution is 6.30. The van der Waals surface area contributed by atoms with E-state index in [9.17, 15) is 14.4 Å². The van der Waals surface area contributed by atoms with Crippen molar-refractivity contribution in [3.05, 3.63) is 69.4 Å². The number of aryl methyl sites for hydroxylation is 1. The van der Waals surface area contributed by atoms with Crippen molar-refractivity contribution in [2.24, 2.45) is 5.73 Å². The second kappa shape index (κ2) is 7.60. The summed E-state index contributed by atoms with van der Waals surface area (Å²) >= 11 is 5.87. The number of ketones is 1. The molecular weight excluding hydrogens is 410 g/mol. The Hall–Kier alpha value is -3.72. The molecule has 0 aliphatic carbocycles. The van der Waals surface area contributed by atoms with Gasteiger partial charge in [-0.3, -0.25) is 18.7 Å². The summed E-state index contributed by atoms with van der Waals surface area (Å²) in [5.74, 6) is -0.755. The van der Waals surface area contributed by atoms with Crippen LogP contribution in [0.25, 0.3) is 22.7 Å². The topological polar surface area (TPSA) is 126 Å². The number of hydrogen-bond donors (Lipinski definition) is 1. The number of halogens is 1. The van der Waals surface area contributed by atoms with Crippen molar-refractivity contribution in [3.63, 3.8) is 0 Å². The normalized spacial score (nSPS) is 11.1. The molecule has 10 heteroatoms. The number of fused-ring (bicyclic) bond motifs is 1. The largest absolute Gasteiger partial charge is 0.461 e. The summed E-state index contributed by atoms with van der Waals surface area (Å²) in [4.78, 5) is 46.6. The molecule has 0 saturated carbocycles.